The van der Waals surface area contributed by atoms with Gasteiger partial charge in [-0.2, -0.15) is 0 Å². The number of rotatable bonds is 5. The first kappa shape index (κ1) is 16.3. The second-order valence-electron chi connectivity index (χ2n) is 5.80. The van der Waals surface area contributed by atoms with Crippen LogP contribution in [0.2, 0.25) is 0 Å². The third kappa shape index (κ3) is 3.68. The van der Waals surface area contributed by atoms with Crippen molar-refractivity contribution in [1.29, 1.82) is 0 Å². The molecule has 1 heterocycles. The zero-order valence-electron chi connectivity index (χ0n) is 13.6. The number of aryl methyl sites for hydroxylation is 1. The molecule has 1 aromatic heterocycles. The fourth-order valence-corrected chi connectivity index (χ4v) is 2.56. The van der Waals surface area contributed by atoms with Gasteiger partial charge in [-0.25, -0.2) is 13.8 Å². The highest BCUT2D eigenvalue weighted by atomic mass is 19.1. The van der Waals surface area contributed by atoms with Gasteiger partial charge in [0.15, 0.2) is 0 Å². The molecule has 3 aromatic rings. The van der Waals surface area contributed by atoms with Crippen molar-refractivity contribution in [1.82, 2.24) is 9.88 Å². The molecule has 0 aliphatic heterocycles. The van der Waals surface area contributed by atoms with E-state index in [0.717, 1.165) is 24.7 Å². The maximum atomic E-state index is 13.9. The molecule has 0 aliphatic carbocycles. The van der Waals surface area contributed by atoms with Crippen LogP contribution in [0.15, 0.2) is 52.9 Å². The van der Waals surface area contributed by atoms with Gasteiger partial charge in [0, 0.05) is 13.1 Å². The van der Waals surface area contributed by atoms with E-state index in [2.05, 4.69) is 22.0 Å². The van der Waals surface area contributed by atoms with Crippen LogP contribution in [0.25, 0.3) is 11.5 Å². The summed E-state index contributed by atoms with van der Waals surface area (Å²) in [6.45, 7) is 3.09. The summed E-state index contributed by atoms with van der Waals surface area (Å²) in [5.41, 5.74) is 1.94. The summed E-state index contributed by atoms with van der Waals surface area (Å²) in [6.07, 6.45) is 0. The van der Waals surface area contributed by atoms with E-state index < -0.39 is 11.6 Å². The lowest BCUT2D eigenvalue weighted by molar-refractivity contribution is 0.313. The molecule has 0 saturated carbocycles. The van der Waals surface area contributed by atoms with Gasteiger partial charge in [0.05, 0.1) is 11.3 Å². The molecule has 3 rings (SSSR count). The Bertz CT molecular complexity index is 831. The normalized spacial score (nSPS) is 11.2. The Labute approximate surface area is 139 Å². The lowest BCUT2D eigenvalue weighted by atomic mass is 10.2. The van der Waals surface area contributed by atoms with Crippen LogP contribution < -0.4 is 0 Å². The average Bonchev–Trinajstić information content (AvgIpc) is 2.91. The van der Waals surface area contributed by atoms with Gasteiger partial charge in [-0.3, -0.25) is 4.90 Å². The molecule has 0 radical (unpaired) electrons. The molecule has 0 amide bonds. The first-order valence-electron chi connectivity index (χ1n) is 7.67. The molecular weight excluding hydrogens is 310 g/mol. The number of hydrogen-bond donors (Lipinski definition) is 0. The summed E-state index contributed by atoms with van der Waals surface area (Å²) in [4.78, 5) is 6.44. The molecule has 124 valence electrons. The summed E-state index contributed by atoms with van der Waals surface area (Å²) < 4.78 is 32.8. The van der Waals surface area contributed by atoms with Gasteiger partial charge in [-0.1, -0.05) is 30.3 Å². The molecule has 5 heteroatoms. The number of halogens is 2. The number of nitrogens with zero attached hydrogens (tertiary/aromatic N) is 2. The first-order chi connectivity index (χ1) is 11.5. The number of oxazole rings is 1. The van der Waals surface area contributed by atoms with Crippen molar-refractivity contribution in [2.24, 2.45) is 0 Å². The van der Waals surface area contributed by atoms with Crippen LogP contribution in [0.1, 0.15) is 17.0 Å². The van der Waals surface area contributed by atoms with E-state index in [9.17, 15) is 8.78 Å². The molecule has 0 bridgehead atoms. The smallest absolute Gasteiger partial charge is 0.229 e. The van der Waals surface area contributed by atoms with E-state index in [1.807, 2.05) is 25.2 Å². The van der Waals surface area contributed by atoms with Crippen molar-refractivity contribution >= 4 is 0 Å². The molecule has 3 nitrogen and oxygen atoms in total. The van der Waals surface area contributed by atoms with E-state index in [0.29, 0.717) is 18.0 Å². The predicted molar refractivity (Wildman–Crippen MR) is 88.2 cm³/mol. The number of hydrogen-bond acceptors (Lipinski definition) is 3. The number of benzene rings is 2. The summed E-state index contributed by atoms with van der Waals surface area (Å²) >= 11 is 0. The minimum Gasteiger partial charge on any atom is -0.441 e. The van der Waals surface area contributed by atoms with Gasteiger partial charge in [0.2, 0.25) is 5.89 Å². The van der Waals surface area contributed by atoms with Gasteiger partial charge in [-0.15, -0.1) is 0 Å². The highest BCUT2D eigenvalue weighted by Gasteiger charge is 2.16. The quantitative estimate of drug-likeness (QED) is 0.687. The van der Waals surface area contributed by atoms with Crippen LogP contribution in [0.3, 0.4) is 0 Å². The topological polar surface area (TPSA) is 29.3 Å². The summed E-state index contributed by atoms with van der Waals surface area (Å²) in [7, 11) is 1.98. The van der Waals surface area contributed by atoms with Crippen LogP contribution in [0, 0.1) is 18.6 Å². The molecule has 24 heavy (non-hydrogen) atoms. The molecule has 0 atom stereocenters. The molecular formula is C19H18F2N2O. The average molecular weight is 328 g/mol. The highest BCUT2D eigenvalue weighted by Crippen LogP contribution is 2.26. The molecule has 0 fully saturated rings. The number of aromatic nitrogens is 1. The third-order valence-electron chi connectivity index (χ3n) is 3.77. The van der Waals surface area contributed by atoms with Crippen molar-refractivity contribution in [3.05, 3.63) is 77.2 Å². The summed E-state index contributed by atoms with van der Waals surface area (Å²) in [5, 5.41) is 0. The fraction of sp³-hybridized carbons (Fsp3) is 0.211. The van der Waals surface area contributed by atoms with E-state index in [-0.39, 0.29) is 11.5 Å². The van der Waals surface area contributed by atoms with Crippen molar-refractivity contribution in [2.45, 2.75) is 20.0 Å². The predicted octanol–water partition coefficient (Wildman–Crippen LogP) is 4.56. The summed E-state index contributed by atoms with van der Waals surface area (Å²) in [6, 6.07) is 13.3. The lowest BCUT2D eigenvalue weighted by Crippen LogP contribution is -2.17. The Morgan fingerprint density at radius 3 is 2.54 bits per heavy atom. The maximum Gasteiger partial charge on any atom is 0.229 e. The van der Waals surface area contributed by atoms with E-state index in [1.54, 1.807) is 6.92 Å². The Balaban J connectivity index is 1.78. The van der Waals surface area contributed by atoms with Crippen molar-refractivity contribution < 1.29 is 13.2 Å². The Kier molecular flexibility index (Phi) is 4.71. The van der Waals surface area contributed by atoms with Crippen LogP contribution in [0.4, 0.5) is 8.78 Å². The Hall–Kier alpha value is -2.53. The monoisotopic (exact) mass is 328 g/mol. The van der Waals surface area contributed by atoms with Crippen molar-refractivity contribution in [3.63, 3.8) is 0 Å². The zero-order valence-corrected chi connectivity index (χ0v) is 13.6. The van der Waals surface area contributed by atoms with Crippen LogP contribution in [0.5, 0.6) is 0 Å². The molecule has 0 aliphatic rings. The molecule has 0 N–H and O–H groups in total. The van der Waals surface area contributed by atoms with Crippen molar-refractivity contribution in [3.8, 4) is 11.5 Å². The van der Waals surface area contributed by atoms with Gasteiger partial charge >= 0.3 is 0 Å². The van der Waals surface area contributed by atoms with Crippen molar-refractivity contribution in [2.75, 3.05) is 7.05 Å². The Morgan fingerprint density at radius 2 is 1.79 bits per heavy atom. The minimum absolute atomic E-state index is 0.0371. The lowest BCUT2D eigenvalue weighted by Gasteiger charge is -2.15. The zero-order chi connectivity index (χ0) is 17.1. The third-order valence-corrected chi connectivity index (χ3v) is 3.77. The minimum atomic E-state index is -0.554. The largest absolute Gasteiger partial charge is 0.441 e. The second-order valence-corrected chi connectivity index (χ2v) is 5.80. The molecule has 0 unspecified atom stereocenters. The highest BCUT2D eigenvalue weighted by molar-refractivity contribution is 5.54. The first-order valence-corrected chi connectivity index (χ1v) is 7.67. The van der Waals surface area contributed by atoms with E-state index in [1.165, 1.54) is 5.56 Å². The summed E-state index contributed by atoms with van der Waals surface area (Å²) in [5.74, 6) is -0.368. The van der Waals surface area contributed by atoms with E-state index >= 15 is 0 Å². The van der Waals surface area contributed by atoms with Crippen LogP contribution in [-0.4, -0.2) is 16.9 Å². The van der Waals surface area contributed by atoms with E-state index in [4.69, 9.17) is 4.42 Å². The van der Waals surface area contributed by atoms with Gasteiger partial charge in [0.25, 0.3) is 0 Å². The van der Waals surface area contributed by atoms with Crippen LogP contribution >= 0.6 is 0 Å². The van der Waals surface area contributed by atoms with Crippen LogP contribution in [-0.2, 0) is 13.1 Å². The standard InChI is InChI=1S/C19H18F2N2O/c1-13-18(12-23(2)11-14-6-4-3-5-7-14)22-19(24-13)16-10-15(20)8-9-17(16)21/h3-10H,11-12H2,1-2H3. The van der Waals surface area contributed by atoms with Gasteiger partial charge < -0.3 is 4.42 Å². The molecule has 0 spiro atoms. The van der Waals surface area contributed by atoms with Gasteiger partial charge in [0.1, 0.15) is 17.4 Å². The second kappa shape index (κ2) is 6.93. The fourth-order valence-electron chi connectivity index (χ4n) is 2.56. The van der Waals surface area contributed by atoms with Gasteiger partial charge in [-0.05, 0) is 37.7 Å². The molecule has 2 aromatic carbocycles. The SMILES string of the molecule is Cc1oc(-c2cc(F)ccc2F)nc1CN(C)Cc1ccccc1. The Morgan fingerprint density at radius 1 is 1.04 bits per heavy atom. The molecule has 0 saturated heterocycles. The maximum absolute atomic E-state index is 13.9.